The van der Waals surface area contributed by atoms with E-state index < -0.39 is 0 Å². The molecule has 0 saturated carbocycles. The molecule has 3 heteroatoms. The van der Waals surface area contributed by atoms with E-state index in [0.717, 1.165) is 39.0 Å². The van der Waals surface area contributed by atoms with Gasteiger partial charge in [0, 0.05) is 19.8 Å². The van der Waals surface area contributed by atoms with Gasteiger partial charge in [0.1, 0.15) is 0 Å². The lowest BCUT2D eigenvalue weighted by atomic mass is 9.99. The first-order chi connectivity index (χ1) is 7.55. The molecule has 0 bridgehead atoms. The Morgan fingerprint density at radius 2 is 1.94 bits per heavy atom. The summed E-state index contributed by atoms with van der Waals surface area (Å²) in [6.45, 7) is 11.2. The van der Waals surface area contributed by atoms with E-state index in [4.69, 9.17) is 9.47 Å². The van der Waals surface area contributed by atoms with Crippen molar-refractivity contribution in [1.82, 2.24) is 5.32 Å². The fourth-order valence-electron chi connectivity index (χ4n) is 1.53. The van der Waals surface area contributed by atoms with Crippen LogP contribution in [0, 0.1) is 0 Å². The smallest absolute Gasteiger partial charge is 0.0623 e. The van der Waals surface area contributed by atoms with Crippen molar-refractivity contribution in [3.8, 4) is 0 Å². The lowest BCUT2D eigenvalue weighted by Gasteiger charge is -2.26. The van der Waals surface area contributed by atoms with Gasteiger partial charge in [0.05, 0.1) is 12.2 Å². The summed E-state index contributed by atoms with van der Waals surface area (Å²) in [6.07, 6.45) is 3.23. The number of hydrogen-bond acceptors (Lipinski definition) is 3. The van der Waals surface area contributed by atoms with Crippen molar-refractivity contribution in [1.29, 1.82) is 0 Å². The van der Waals surface area contributed by atoms with Crippen molar-refractivity contribution in [2.45, 2.75) is 58.6 Å². The fraction of sp³-hybridized carbons (Fsp3) is 1.00. The molecule has 16 heavy (non-hydrogen) atoms. The van der Waals surface area contributed by atoms with Crippen molar-refractivity contribution in [2.75, 3.05) is 26.9 Å². The normalized spacial score (nSPS) is 14.1. The largest absolute Gasteiger partial charge is 0.380 e. The summed E-state index contributed by atoms with van der Waals surface area (Å²) in [5.41, 5.74) is -0.0293. The van der Waals surface area contributed by atoms with Gasteiger partial charge >= 0.3 is 0 Å². The van der Waals surface area contributed by atoms with Gasteiger partial charge in [0.2, 0.25) is 0 Å². The molecular formula is C13H29NO2. The average Bonchev–Trinajstić information content (AvgIpc) is 2.26. The van der Waals surface area contributed by atoms with Gasteiger partial charge in [-0.2, -0.15) is 0 Å². The number of methoxy groups -OCH3 is 1. The molecule has 0 amide bonds. The summed E-state index contributed by atoms with van der Waals surface area (Å²) in [7, 11) is 1.77. The van der Waals surface area contributed by atoms with Crippen molar-refractivity contribution in [3.05, 3.63) is 0 Å². The molecule has 1 atom stereocenters. The fourth-order valence-corrected chi connectivity index (χ4v) is 1.53. The second-order valence-electron chi connectivity index (χ2n) is 4.83. The molecule has 0 aromatic rings. The van der Waals surface area contributed by atoms with E-state index in [1.165, 1.54) is 0 Å². The summed E-state index contributed by atoms with van der Waals surface area (Å²) in [5, 5.41) is 3.46. The van der Waals surface area contributed by atoms with Crippen LogP contribution < -0.4 is 5.32 Å². The Morgan fingerprint density at radius 3 is 2.44 bits per heavy atom. The molecule has 0 radical (unpaired) electrons. The average molecular weight is 231 g/mol. The SMILES string of the molecule is CCCOCC(CCC(C)(C)OC)NCC. The number of ether oxygens (including phenoxy) is 2. The van der Waals surface area contributed by atoms with E-state index in [1.54, 1.807) is 7.11 Å². The summed E-state index contributed by atoms with van der Waals surface area (Å²) in [6, 6.07) is 0.450. The van der Waals surface area contributed by atoms with Crippen LogP contribution in [-0.4, -0.2) is 38.5 Å². The molecule has 0 spiro atoms. The third kappa shape index (κ3) is 8.08. The number of hydrogen-bond donors (Lipinski definition) is 1. The van der Waals surface area contributed by atoms with Crippen molar-refractivity contribution in [3.63, 3.8) is 0 Å². The summed E-state index contributed by atoms with van der Waals surface area (Å²) >= 11 is 0. The minimum atomic E-state index is -0.0293. The molecule has 1 unspecified atom stereocenters. The Bertz CT molecular complexity index is 160. The number of rotatable bonds is 10. The predicted octanol–water partition coefficient (Wildman–Crippen LogP) is 2.60. The topological polar surface area (TPSA) is 30.5 Å². The van der Waals surface area contributed by atoms with Crippen LogP contribution >= 0.6 is 0 Å². The first-order valence-corrected chi connectivity index (χ1v) is 6.42. The predicted molar refractivity (Wildman–Crippen MR) is 68.9 cm³/mol. The molecule has 0 aliphatic rings. The standard InChI is InChI=1S/C13H29NO2/c1-6-10-16-11-12(14-7-2)8-9-13(3,4)15-5/h12,14H,6-11H2,1-5H3. The van der Waals surface area contributed by atoms with Crippen LogP contribution in [0.15, 0.2) is 0 Å². The third-order valence-corrected chi connectivity index (χ3v) is 2.81. The van der Waals surface area contributed by atoms with E-state index >= 15 is 0 Å². The van der Waals surface area contributed by atoms with E-state index in [0.29, 0.717) is 6.04 Å². The first-order valence-electron chi connectivity index (χ1n) is 6.42. The Balaban J connectivity index is 3.83. The highest BCUT2D eigenvalue weighted by atomic mass is 16.5. The minimum absolute atomic E-state index is 0.0293. The molecule has 0 aromatic heterocycles. The maximum Gasteiger partial charge on any atom is 0.0623 e. The van der Waals surface area contributed by atoms with Crippen molar-refractivity contribution < 1.29 is 9.47 Å². The van der Waals surface area contributed by atoms with Crippen molar-refractivity contribution >= 4 is 0 Å². The van der Waals surface area contributed by atoms with Gasteiger partial charge in [-0.3, -0.25) is 0 Å². The number of nitrogens with one attached hydrogen (secondary N) is 1. The van der Waals surface area contributed by atoms with E-state index in [-0.39, 0.29) is 5.60 Å². The van der Waals surface area contributed by atoms with Gasteiger partial charge < -0.3 is 14.8 Å². The third-order valence-electron chi connectivity index (χ3n) is 2.81. The van der Waals surface area contributed by atoms with Crippen LogP contribution in [0.1, 0.15) is 47.0 Å². The lowest BCUT2D eigenvalue weighted by Crippen LogP contribution is -2.36. The molecule has 0 saturated heterocycles. The number of likely N-dealkylation sites (N-methyl/N-ethyl adjacent to an activating group) is 1. The maximum absolute atomic E-state index is 5.59. The van der Waals surface area contributed by atoms with Crippen LogP contribution in [0.4, 0.5) is 0 Å². The van der Waals surface area contributed by atoms with Crippen molar-refractivity contribution in [2.24, 2.45) is 0 Å². The molecule has 0 rings (SSSR count). The molecule has 0 fully saturated rings. The summed E-state index contributed by atoms with van der Waals surface area (Å²) in [5.74, 6) is 0. The molecule has 3 nitrogen and oxygen atoms in total. The van der Waals surface area contributed by atoms with Gasteiger partial charge in [-0.25, -0.2) is 0 Å². The highest BCUT2D eigenvalue weighted by molar-refractivity contribution is 4.74. The van der Waals surface area contributed by atoms with E-state index in [2.05, 4.69) is 33.0 Å². The summed E-state index contributed by atoms with van der Waals surface area (Å²) in [4.78, 5) is 0. The van der Waals surface area contributed by atoms with Crippen LogP contribution in [0.2, 0.25) is 0 Å². The highest BCUT2D eigenvalue weighted by Crippen LogP contribution is 2.16. The Labute approximate surface area is 101 Å². The zero-order valence-electron chi connectivity index (χ0n) is 11.6. The zero-order valence-corrected chi connectivity index (χ0v) is 11.6. The lowest BCUT2D eigenvalue weighted by molar-refractivity contribution is 0.00816. The first kappa shape index (κ1) is 15.9. The van der Waals surface area contributed by atoms with Gasteiger partial charge in [0.25, 0.3) is 0 Å². The highest BCUT2D eigenvalue weighted by Gasteiger charge is 2.18. The zero-order chi connectivity index (χ0) is 12.4. The van der Waals surface area contributed by atoms with Gasteiger partial charge in [-0.1, -0.05) is 13.8 Å². The Kier molecular flexibility index (Phi) is 8.90. The van der Waals surface area contributed by atoms with Crippen LogP contribution in [0.25, 0.3) is 0 Å². The summed E-state index contributed by atoms with van der Waals surface area (Å²) < 4.78 is 11.0. The van der Waals surface area contributed by atoms with Gasteiger partial charge in [0.15, 0.2) is 0 Å². The monoisotopic (exact) mass is 231 g/mol. The second kappa shape index (κ2) is 8.97. The Morgan fingerprint density at radius 1 is 1.25 bits per heavy atom. The molecule has 1 N–H and O–H groups in total. The molecule has 0 aliphatic carbocycles. The quantitative estimate of drug-likeness (QED) is 0.586. The molecule has 0 heterocycles. The van der Waals surface area contributed by atoms with Gasteiger partial charge in [-0.05, 0) is 39.7 Å². The van der Waals surface area contributed by atoms with Gasteiger partial charge in [-0.15, -0.1) is 0 Å². The minimum Gasteiger partial charge on any atom is -0.380 e. The second-order valence-corrected chi connectivity index (χ2v) is 4.83. The van der Waals surface area contributed by atoms with Crippen LogP contribution in [0.3, 0.4) is 0 Å². The maximum atomic E-state index is 5.59. The van der Waals surface area contributed by atoms with Crippen LogP contribution in [0.5, 0.6) is 0 Å². The molecular weight excluding hydrogens is 202 g/mol. The van der Waals surface area contributed by atoms with Crippen LogP contribution in [-0.2, 0) is 9.47 Å². The Hall–Kier alpha value is -0.120. The van der Waals surface area contributed by atoms with E-state index in [1.807, 2.05) is 0 Å². The molecule has 98 valence electrons. The molecule has 0 aromatic carbocycles. The molecule has 0 aliphatic heterocycles. The van der Waals surface area contributed by atoms with E-state index in [9.17, 15) is 0 Å².